The maximum absolute atomic E-state index is 12.3. The summed E-state index contributed by atoms with van der Waals surface area (Å²) in [6.45, 7) is 1.45. The van der Waals surface area contributed by atoms with E-state index in [0.29, 0.717) is 6.42 Å². The zero-order valence-corrected chi connectivity index (χ0v) is 15.6. The Labute approximate surface area is 161 Å². The number of aliphatic hydroxyl groups excluding tert-OH is 1. The normalized spacial score (nSPS) is 14.8. The van der Waals surface area contributed by atoms with Crippen LogP contribution in [0.15, 0.2) is 4.99 Å². The van der Waals surface area contributed by atoms with Crippen molar-refractivity contribution in [2.45, 2.75) is 56.8 Å². The van der Waals surface area contributed by atoms with E-state index in [2.05, 4.69) is 15.6 Å². The largest absolute Gasteiger partial charge is 0.480 e. The molecule has 0 aromatic heterocycles. The maximum atomic E-state index is 12.3. The number of aliphatic imine (C=N–C) groups is 1. The van der Waals surface area contributed by atoms with E-state index in [4.69, 9.17) is 28.0 Å². The molecule has 12 N–H and O–H groups in total. The molecule has 0 aliphatic carbocycles. The van der Waals surface area contributed by atoms with Gasteiger partial charge in [0, 0.05) is 13.0 Å². The predicted molar refractivity (Wildman–Crippen MR) is 99.5 cm³/mol. The lowest BCUT2D eigenvalue weighted by molar-refractivity contribution is -0.145. The Kier molecular flexibility index (Phi) is 11.2. The van der Waals surface area contributed by atoms with Crippen LogP contribution in [0.25, 0.3) is 0 Å². The first-order valence-electron chi connectivity index (χ1n) is 8.56. The van der Waals surface area contributed by atoms with Gasteiger partial charge in [0.1, 0.15) is 6.04 Å². The number of carboxylic acids is 1. The Morgan fingerprint density at radius 2 is 1.64 bits per heavy atom. The van der Waals surface area contributed by atoms with Crippen LogP contribution in [-0.2, 0) is 19.2 Å². The standard InChI is InChI=1S/C15H29N7O6/c1-7(23)11(14(27)28)22-13(26)9(4-5-10(17)24)21-12(25)8(16)3-2-6-20-15(18)19/h7-9,11,23H,2-6,16H2,1H3,(H2,17,24)(H,21,25)(H,22,26)(H,27,28)(H4,18,19,20). The van der Waals surface area contributed by atoms with Crippen molar-refractivity contribution in [3.05, 3.63) is 0 Å². The third-order valence-corrected chi connectivity index (χ3v) is 3.66. The Balaban J connectivity index is 4.96. The number of primary amides is 1. The lowest BCUT2D eigenvalue weighted by atomic mass is 10.1. The summed E-state index contributed by atoms with van der Waals surface area (Å²) in [5.41, 5.74) is 21.2. The van der Waals surface area contributed by atoms with Crippen LogP contribution in [0.1, 0.15) is 32.6 Å². The van der Waals surface area contributed by atoms with E-state index in [9.17, 15) is 24.3 Å². The van der Waals surface area contributed by atoms with E-state index >= 15 is 0 Å². The van der Waals surface area contributed by atoms with Gasteiger partial charge in [-0.3, -0.25) is 19.4 Å². The van der Waals surface area contributed by atoms with Crippen molar-refractivity contribution >= 4 is 29.7 Å². The summed E-state index contributed by atoms with van der Waals surface area (Å²) in [6, 6.07) is -3.83. The molecule has 0 fully saturated rings. The number of nitrogens with zero attached hydrogens (tertiary/aromatic N) is 1. The van der Waals surface area contributed by atoms with E-state index in [0.717, 1.165) is 0 Å². The Hall–Kier alpha value is -2.93. The Bertz CT molecular complexity index is 591. The number of rotatable bonds is 13. The van der Waals surface area contributed by atoms with Crippen LogP contribution in [0.2, 0.25) is 0 Å². The van der Waals surface area contributed by atoms with Gasteiger partial charge in [0.2, 0.25) is 17.7 Å². The summed E-state index contributed by atoms with van der Waals surface area (Å²) in [5, 5.41) is 23.0. The lowest BCUT2D eigenvalue weighted by Gasteiger charge is -2.23. The van der Waals surface area contributed by atoms with Gasteiger partial charge in [-0.2, -0.15) is 0 Å². The molecule has 160 valence electrons. The highest BCUT2D eigenvalue weighted by Crippen LogP contribution is 2.03. The molecule has 0 aliphatic rings. The second kappa shape index (κ2) is 12.5. The monoisotopic (exact) mass is 403 g/mol. The van der Waals surface area contributed by atoms with Crippen molar-refractivity contribution in [2.24, 2.45) is 27.9 Å². The van der Waals surface area contributed by atoms with Crippen LogP contribution in [0.4, 0.5) is 0 Å². The molecule has 0 heterocycles. The van der Waals surface area contributed by atoms with Gasteiger partial charge in [-0.15, -0.1) is 0 Å². The molecule has 0 rings (SSSR count). The van der Waals surface area contributed by atoms with E-state index < -0.39 is 47.9 Å². The number of carboxylic acid groups (broad SMARTS) is 1. The van der Waals surface area contributed by atoms with Crippen molar-refractivity contribution in [3.8, 4) is 0 Å². The van der Waals surface area contributed by atoms with Crippen molar-refractivity contribution in [1.29, 1.82) is 0 Å². The number of aliphatic carboxylic acids is 1. The molecular weight excluding hydrogens is 374 g/mol. The van der Waals surface area contributed by atoms with Crippen LogP contribution in [0.5, 0.6) is 0 Å². The highest BCUT2D eigenvalue weighted by Gasteiger charge is 2.30. The average molecular weight is 403 g/mol. The zero-order chi connectivity index (χ0) is 21.9. The first-order chi connectivity index (χ1) is 13.0. The highest BCUT2D eigenvalue weighted by atomic mass is 16.4. The molecule has 28 heavy (non-hydrogen) atoms. The van der Waals surface area contributed by atoms with Gasteiger partial charge in [0.25, 0.3) is 0 Å². The van der Waals surface area contributed by atoms with Crippen molar-refractivity contribution in [1.82, 2.24) is 10.6 Å². The van der Waals surface area contributed by atoms with E-state index in [1.807, 2.05) is 0 Å². The molecule has 13 nitrogen and oxygen atoms in total. The number of nitrogens with one attached hydrogen (secondary N) is 2. The molecule has 0 aliphatic heterocycles. The van der Waals surface area contributed by atoms with Gasteiger partial charge in [0.05, 0.1) is 12.1 Å². The van der Waals surface area contributed by atoms with Crippen LogP contribution in [0, 0.1) is 0 Å². The van der Waals surface area contributed by atoms with Gasteiger partial charge in [-0.25, -0.2) is 4.79 Å². The molecule has 4 atom stereocenters. The molecule has 3 amide bonds. The third-order valence-electron chi connectivity index (χ3n) is 3.66. The van der Waals surface area contributed by atoms with Gasteiger partial charge >= 0.3 is 5.97 Å². The molecule has 0 aromatic rings. The number of nitrogens with two attached hydrogens (primary N) is 4. The number of carbonyl (C=O) groups excluding carboxylic acids is 3. The number of carbonyl (C=O) groups is 4. The van der Waals surface area contributed by atoms with Gasteiger partial charge in [0.15, 0.2) is 12.0 Å². The van der Waals surface area contributed by atoms with Gasteiger partial charge in [-0.1, -0.05) is 0 Å². The quantitative estimate of drug-likeness (QED) is 0.0847. The summed E-state index contributed by atoms with van der Waals surface area (Å²) < 4.78 is 0. The van der Waals surface area contributed by atoms with Gasteiger partial charge in [-0.05, 0) is 26.2 Å². The molecule has 0 spiro atoms. The Morgan fingerprint density at radius 1 is 1.04 bits per heavy atom. The van der Waals surface area contributed by atoms with Gasteiger partial charge < -0.3 is 43.8 Å². The van der Waals surface area contributed by atoms with Crippen molar-refractivity contribution < 1.29 is 29.4 Å². The number of hydrogen-bond acceptors (Lipinski definition) is 7. The van der Waals surface area contributed by atoms with Crippen LogP contribution >= 0.6 is 0 Å². The summed E-state index contributed by atoms with van der Waals surface area (Å²) >= 11 is 0. The SMILES string of the molecule is CC(O)C(NC(=O)C(CCC(N)=O)NC(=O)C(N)CCCN=C(N)N)C(=O)O. The summed E-state index contributed by atoms with van der Waals surface area (Å²) in [6.07, 6.45) is -1.15. The molecule has 0 bridgehead atoms. The number of aliphatic hydroxyl groups is 1. The number of hydrogen-bond donors (Lipinski definition) is 8. The minimum Gasteiger partial charge on any atom is -0.480 e. The number of amides is 3. The molecular formula is C15H29N7O6. The topological polar surface area (TPSA) is 249 Å². The van der Waals surface area contributed by atoms with E-state index in [1.165, 1.54) is 6.92 Å². The summed E-state index contributed by atoms with van der Waals surface area (Å²) in [5.74, 6) is -3.83. The highest BCUT2D eigenvalue weighted by molar-refractivity contribution is 5.92. The minimum absolute atomic E-state index is 0.0905. The van der Waals surface area contributed by atoms with Crippen LogP contribution in [0.3, 0.4) is 0 Å². The average Bonchev–Trinajstić information content (AvgIpc) is 2.58. The number of guanidine groups is 1. The fourth-order valence-corrected chi connectivity index (χ4v) is 2.13. The molecule has 0 saturated carbocycles. The first-order valence-corrected chi connectivity index (χ1v) is 8.56. The fraction of sp³-hybridized carbons (Fsp3) is 0.667. The second-order valence-electron chi connectivity index (χ2n) is 6.19. The summed E-state index contributed by atoms with van der Waals surface area (Å²) in [4.78, 5) is 50.4. The minimum atomic E-state index is -1.59. The fourth-order valence-electron chi connectivity index (χ4n) is 2.13. The smallest absolute Gasteiger partial charge is 0.328 e. The van der Waals surface area contributed by atoms with Crippen LogP contribution in [-0.4, -0.2) is 70.6 Å². The van der Waals surface area contributed by atoms with E-state index in [-0.39, 0.29) is 31.8 Å². The predicted octanol–water partition coefficient (Wildman–Crippen LogP) is -3.93. The molecule has 0 radical (unpaired) electrons. The Morgan fingerprint density at radius 3 is 2.11 bits per heavy atom. The molecule has 4 unspecified atom stereocenters. The summed E-state index contributed by atoms with van der Waals surface area (Å²) in [7, 11) is 0. The molecule has 0 aromatic carbocycles. The van der Waals surface area contributed by atoms with Crippen molar-refractivity contribution in [2.75, 3.05) is 6.54 Å². The zero-order valence-electron chi connectivity index (χ0n) is 15.6. The molecule has 13 heteroatoms. The second-order valence-corrected chi connectivity index (χ2v) is 6.19. The van der Waals surface area contributed by atoms with Crippen molar-refractivity contribution in [3.63, 3.8) is 0 Å². The maximum Gasteiger partial charge on any atom is 0.328 e. The van der Waals surface area contributed by atoms with Crippen LogP contribution < -0.4 is 33.6 Å². The first kappa shape index (κ1) is 25.1. The molecule has 0 saturated heterocycles. The van der Waals surface area contributed by atoms with E-state index in [1.54, 1.807) is 0 Å². The third kappa shape index (κ3) is 10.3. The lowest BCUT2D eigenvalue weighted by Crippen LogP contribution is -2.56.